The van der Waals surface area contributed by atoms with Crippen molar-refractivity contribution in [3.8, 4) is 29.3 Å². The summed E-state index contributed by atoms with van der Waals surface area (Å²) < 4.78 is 6.02. The van der Waals surface area contributed by atoms with Crippen LogP contribution in [0.15, 0.2) is 36.5 Å². The van der Waals surface area contributed by atoms with E-state index in [0.29, 0.717) is 35.1 Å². The molecule has 2 saturated heterocycles. The van der Waals surface area contributed by atoms with Gasteiger partial charge >= 0.3 is 0 Å². The Morgan fingerprint density at radius 3 is 2.84 bits per heavy atom. The zero-order valence-corrected chi connectivity index (χ0v) is 17.7. The Bertz CT molecular complexity index is 1070. The number of nitrogens with zero attached hydrogens (tertiary/aromatic N) is 4. The van der Waals surface area contributed by atoms with Crippen LogP contribution >= 0.6 is 0 Å². The van der Waals surface area contributed by atoms with Crippen LogP contribution < -0.4 is 10.1 Å². The number of nitriles is 2. The van der Waals surface area contributed by atoms with Gasteiger partial charge in [-0.2, -0.15) is 10.5 Å². The molecule has 0 saturated carbocycles. The first-order valence-corrected chi connectivity index (χ1v) is 10.6. The van der Waals surface area contributed by atoms with Crippen LogP contribution in [0, 0.1) is 28.7 Å². The number of amides is 1. The van der Waals surface area contributed by atoms with Crippen molar-refractivity contribution in [2.75, 3.05) is 6.61 Å². The molecule has 2 fully saturated rings. The zero-order chi connectivity index (χ0) is 22.0. The molecular formula is C24H25N5O2. The first-order valence-electron chi connectivity index (χ1n) is 10.6. The van der Waals surface area contributed by atoms with Crippen molar-refractivity contribution in [3.63, 3.8) is 0 Å². The molecule has 0 radical (unpaired) electrons. The third-order valence-electron chi connectivity index (χ3n) is 5.95. The number of hydrogen-bond acceptors (Lipinski definition) is 6. The van der Waals surface area contributed by atoms with E-state index in [-0.39, 0.29) is 24.0 Å². The van der Waals surface area contributed by atoms with Gasteiger partial charge in [-0.25, -0.2) is 0 Å². The lowest BCUT2D eigenvalue weighted by Crippen LogP contribution is -2.43. The van der Waals surface area contributed by atoms with E-state index in [4.69, 9.17) is 4.74 Å². The maximum Gasteiger partial charge on any atom is 0.251 e. The molecule has 2 aliphatic heterocycles. The fourth-order valence-electron chi connectivity index (χ4n) is 4.45. The predicted octanol–water partition coefficient (Wildman–Crippen LogP) is 3.47. The quantitative estimate of drug-likeness (QED) is 0.725. The summed E-state index contributed by atoms with van der Waals surface area (Å²) in [5.74, 6) is 0.709. The number of fused-ring (bicyclic) bond motifs is 2. The summed E-state index contributed by atoms with van der Waals surface area (Å²) in [5, 5.41) is 21.7. The molecule has 31 heavy (non-hydrogen) atoms. The Labute approximate surface area is 182 Å². The van der Waals surface area contributed by atoms with Crippen LogP contribution in [0.25, 0.3) is 11.3 Å². The lowest BCUT2D eigenvalue weighted by atomic mass is 9.95. The number of aromatic nitrogens is 1. The second-order valence-electron chi connectivity index (χ2n) is 8.58. The van der Waals surface area contributed by atoms with Gasteiger partial charge in [0.15, 0.2) is 6.19 Å². The van der Waals surface area contributed by atoms with E-state index in [2.05, 4.69) is 36.4 Å². The predicted molar refractivity (Wildman–Crippen MR) is 115 cm³/mol. The van der Waals surface area contributed by atoms with E-state index >= 15 is 0 Å². The topological polar surface area (TPSA) is 102 Å². The van der Waals surface area contributed by atoms with Crippen molar-refractivity contribution in [2.45, 2.75) is 51.2 Å². The second kappa shape index (κ2) is 8.65. The molecule has 1 amide bonds. The smallest absolute Gasteiger partial charge is 0.251 e. The molecule has 1 N–H and O–H groups in total. The summed E-state index contributed by atoms with van der Waals surface area (Å²) in [6, 6.07) is 11.1. The van der Waals surface area contributed by atoms with E-state index in [1.165, 1.54) is 0 Å². The van der Waals surface area contributed by atoms with Gasteiger partial charge in [-0.3, -0.25) is 9.78 Å². The Morgan fingerprint density at radius 2 is 2.13 bits per heavy atom. The fraction of sp³-hybridized carbons (Fsp3) is 0.417. The largest absolute Gasteiger partial charge is 0.493 e. The van der Waals surface area contributed by atoms with Crippen LogP contribution in [0.1, 0.15) is 49.0 Å². The van der Waals surface area contributed by atoms with E-state index in [1.54, 1.807) is 30.5 Å². The first-order chi connectivity index (χ1) is 15.0. The van der Waals surface area contributed by atoms with E-state index in [1.807, 2.05) is 11.0 Å². The normalized spacial score (nSPS) is 21.6. The summed E-state index contributed by atoms with van der Waals surface area (Å²) in [7, 11) is 0. The molecule has 3 atom stereocenters. The maximum absolute atomic E-state index is 13.0. The number of carbonyl (C=O) groups excluding carboxylic acids is 1. The third-order valence-corrected chi connectivity index (χ3v) is 5.95. The van der Waals surface area contributed by atoms with Crippen LogP contribution in [-0.4, -0.2) is 40.5 Å². The number of pyridine rings is 1. The molecule has 7 nitrogen and oxygen atoms in total. The summed E-state index contributed by atoms with van der Waals surface area (Å²) in [6.07, 6.45) is 6.63. The van der Waals surface area contributed by atoms with Crippen LogP contribution in [-0.2, 0) is 0 Å². The van der Waals surface area contributed by atoms with Gasteiger partial charge in [0.2, 0.25) is 0 Å². The average Bonchev–Trinajstić information content (AvgIpc) is 3.34. The summed E-state index contributed by atoms with van der Waals surface area (Å²) >= 11 is 0. The number of carbonyl (C=O) groups is 1. The van der Waals surface area contributed by atoms with Gasteiger partial charge in [-0.05, 0) is 55.5 Å². The van der Waals surface area contributed by atoms with Crippen molar-refractivity contribution < 1.29 is 9.53 Å². The number of nitrogens with one attached hydrogen (secondary N) is 1. The first kappa shape index (κ1) is 20.7. The average molecular weight is 415 g/mol. The van der Waals surface area contributed by atoms with E-state index in [0.717, 1.165) is 24.8 Å². The minimum atomic E-state index is -0.171. The van der Waals surface area contributed by atoms with Crippen LogP contribution in [0.4, 0.5) is 0 Å². The molecule has 3 heterocycles. The van der Waals surface area contributed by atoms with Gasteiger partial charge in [0.05, 0.1) is 36.0 Å². The van der Waals surface area contributed by atoms with Crippen LogP contribution in [0.3, 0.4) is 0 Å². The third kappa shape index (κ3) is 4.18. The van der Waals surface area contributed by atoms with Crippen molar-refractivity contribution in [3.05, 3.63) is 47.7 Å². The molecule has 2 aromatic rings. The van der Waals surface area contributed by atoms with Crippen molar-refractivity contribution in [1.82, 2.24) is 15.2 Å². The molecule has 2 bridgehead atoms. The van der Waals surface area contributed by atoms with Gasteiger partial charge in [0.25, 0.3) is 5.91 Å². The lowest BCUT2D eigenvalue weighted by Gasteiger charge is -2.22. The van der Waals surface area contributed by atoms with Gasteiger partial charge in [-0.1, -0.05) is 13.8 Å². The Morgan fingerprint density at radius 1 is 1.29 bits per heavy atom. The van der Waals surface area contributed by atoms with Gasteiger partial charge in [0, 0.05) is 23.4 Å². The molecule has 2 aliphatic rings. The van der Waals surface area contributed by atoms with Crippen LogP contribution in [0.2, 0.25) is 0 Å². The van der Waals surface area contributed by atoms with E-state index < -0.39 is 0 Å². The monoisotopic (exact) mass is 415 g/mol. The Balaban J connectivity index is 1.58. The molecular weight excluding hydrogens is 390 g/mol. The standard InChI is InChI=1S/C24H25N5O2/c1-15(2)13-31-23-10-17(3-5-19(23)20-9-16(12-25)7-8-27-20)24(30)28-21-11-18-4-6-22(21)29(18)14-26/h3,5,7-10,15,18,21-22H,4,6,11,13H2,1-2H3,(H,28,30)/t18-,21+,22+/m0/s1. The molecule has 1 aromatic carbocycles. The lowest BCUT2D eigenvalue weighted by molar-refractivity contribution is 0.0928. The number of hydrogen-bond donors (Lipinski definition) is 1. The highest BCUT2D eigenvalue weighted by molar-refractivity contribution is 5.95. The molecule has 158 valence electrons. The Hall–Kier alpha value is -3.58. The van der Waals surface area contributed by atoms with Crippen LogP contribution in [0.5, 0.6) is 5.75 Å². The minimum Gasteiger partial charge on any atom is -0.493 e. The number of rotatable bonds is 6. The highest BCUT2D eigenvalue weighted by atomic mass is 16.5. The fourth-order valence-corrected chi connectivity index (χ4v) is 4.45. The summed E-state index contributed by atoms with van der Waals surface area (Å²) in [5.41, 5.74) is 2.39. The van der Waals surface area contributed by atoms with Crippen molar-refractivity contribution in [1.29, 1.82) is 10.5 Å². The Kier molecular flexibility index (Phi) is 5.77. The van der Waals surface area contributed by atoms with Gasteiger partial charge in [-0.15, -0.1) is 0 Å². The molecule has 0 unspecified atom stereocenters. The van der Waals surface area contributed by atoms with E-state index in [9.17, 15) is 15.3 Å². The highest BCUT2D eigenvalue weighted by Gasteiger charge is 2.46. The SMILES string of the molecule is CC(C)COc1cc(C(=O)N[C@@H]2C[C@@H]3CC[C@H]2N3C#N)ccc1-c1cc(C#N)ccn1. The van der Waals surface area contributed by atoms with Gasteiger partial charge in [0.1, 0.15) is 5.75 Å². The minimum absolute atomic E-state index is 0.0143. The van der Waals surface area contributed by atoms with Crippen molar-refractivity contribution in [2.24, 2.45) is 5.92 Å². The molecule has 7 heteroatoms. The second-order valence-corrected chi connectivity index (χ2v) is 8.58. The number of benzene rings is 1. The number of ether oxygens (including phenoxy) is 1. The molecule has 0 spiro atoms. The molecule has 0 aliphatic carbocycles. The maximum atomic E-state index is 13.0. The molecule has 1 aromatic heterocycles. The summed E-state index contributed by atoms with van der Waals surface area (Å²) in [4.78, 5) is 19.2. The summed E-state index contributed by atoms with van der Waals surface area (Å²) in [6.45, 7) is 4.61. The highest BCUT2D eigenvalue weighted by Crippen LogP contribution is 2.37. The van der Waals surface area contributed by atoms with Crippen molar-refractivity contribution >= 4 is 5.91 Å². The molecule has 4 rings (SSSR count). The van der Waals surface area contributed by atoms with Gasteiger partial charge < -0.3 is 15.0 Å². The zero-order valence-electron chi connectivity index (χ0n) is 17.7.